The Morgan fingerprint density at radius 1 is 0.352 bits per heavy atom. The van der Waals surface area contributed by atoms with Crippen LogP contribution in [0.3, 0.4) is 0 Å². The van der Waals surface area contributed by atoms with Crippen molar-refractivity contribution in [3.8, 4) is 34.2 Å². The minimum Gasteiger partial charge on any atom is -0.294 e. The van der Waals surface area contributed by atoms with Gasteiger partial charge >= 0.3 is 0 Å². The van der Waals surface area contributed by atoms with E-state index in [4.69, 9.17) is 9.97 Å². The summed E-state index contributed by atoms with van der Waals surface area (Å²) in [5.41, 5.74) is 11.1. The first-order valence-electron chi connectivity index (χ1n) is 24.8. The Hall–Kier alpha value is -8.12. The number of hydrogen-bond acceptors (Lipinski definition) is 2. The molecule has 3 heterocycles. The minimum atomic E-state index is -3.01. The highest BCUT2D eigenvalue weighted by atomic mass is 28.3. The number of para-hydroxylation sites is 3. The fraction of sp³-hybridized carbons (Fsp3) is 0.121. The molecule has 0 fully saturated rings. The summed E-state index contributed by atoms with van der Waals surface area (Å²) in [7, 11) is -3.01. The molecule has 0 aliphatic carbocycles. The molecule has 3 aromatic heterocycles. The van der Waals surface area contributed by atoms with E-state index in [0.29, 0.717) is 5.95 Å². The van der Waals surface area contributed by atoms with Gasteiger partial charge in [-0.05, 0) is 78.1 Å². The molecule has 0 N–H and O–H groups in total. The second-order valence-corrected chi connectivity index (χ2v) is 24.9. The third-order valence-electron chi connectivity index (χ3n) is 14.6. The fourth-order valence-electron chi connectivity index (χ4n) is 11.1. The molecule has 0 atom stereocenters. The summed E-state index contributed by atoms with van der Waals surface area (Å²) in [6, 6.07) is 85.0. The maximum Gasteiger partial charge on any atom is 0.237 e. The molecule has 5 heteroatoms. The lowest BCUT2D eigenvalue weighted by atomic mass is 9.79. The largest absolute Gasteiger partial charge is 0.294 e. The van der Waals surface area contributed by atoms with Crippen LogP contribution in [-0.2, 0) is 10.8 Å². The van der Waals surface area contributed by atoms with Crippen LogP contribution in [0.1, 0.15) is 52.7 Å². The van der Waals surface area contributed by atoms with Crippen molar-refractivity contribution in [2.45, 2.75) is 52.4 Å². The third kappa shape index (κ3) is 7.42. The van der Waals surface area contributed by atoms with Crippen LogP contribution in [0.15, 0.2) is 231 Å². The second-order valence-electron chi connectivity index (χ2n) is 21.1. The molecule has 0 saturated carbocycles. The Bertz CT molecular complexity index is 3850. The van der Waals surface area contributed by atoms with E-state index in [9.17, 15) is 0 Å². The first kappa shape index (κ1) is 44.1. The molecule has 12 rings (SSSR count). The van der Waals surface area contributed by atoms with E-state index < -0.39 is 8.07 Å². The van der Waals surface area contributed by atoms with Gasteiger partial charge in [0.15, 0.2) is 8.07 Å². The molecule has 0 radical (unpaired) electrons. The number of nitrogens with zero attached hydrogens (tertiary/aromatic N) is 4. The highest BCUT2D eigenvalue weighted by Crippen LogP contribution is 2.42. The molecule has 0 saturated heterocycles. The minimum absolute atomic E-state index is 0.0522. The van der Waals surface area contributed by atoms with Crippen LogP contribution in [0.5, 0.6) is 0 Å². The zero-order valence-electron chi connectivity index (χ0n) is 41.2. The van der Waals surface area contributed by atoms with Gasteiger partial charge in [0.1, 0.15) is 5.82 Å². The molecule has 0 aliphatic rings. The lowest BCUT2D eigenvalue weighted by Crippen LogP contribution is -2.74. The van der Waals surface area contributed by atoms with Crippen LogP contribution in [0, 0.1) is 0 Å². The van der Waals surface area contributed by atoms with E-state index >= 15 is 0 Å². The van der Waals surface area contributed by atoms with Gasteiger partial charge in [0.05, 0.1) is 27.8 Å². The van der Waals surface area contributed by atoms with Gasteiger partial charge in [-0.15, -0.1) is 0 Å². The zero-order valence-corrected chi connectivity index (χ0v) is 42.2. The predicted molar refractivity (Wildman–Crippen MR) is 303 cm³/mol. The van der Waals surface area contributed by atoms with Gasteiger partial charge in [0.25, 0.3) is 0 Å². The van der Waals surface area contributed by atoms with E-state index in [1.165, 1.54) is 64.5 Å². The van der Waals surface area contributed by atoms with Crippen molar-refractivity contribution in [2.24, 2.45) is 0 Å². The van der Waals surface area contributed by atoms with Crippen LogP contribution in [0.2, 0.25) is 0 Å². The van der Waals surface area contributed by atoms with Gasteiger partial charge in [-0.1, -0.05) is 242 Å². The molecule has 9 aromatic carbocycles. The average Bonchev–Trinajstić information content (AvgIpc) is 3.92. The van der Waals surface area contributed by atoms with Gasteiger partial charge in [-0.2, -0.15) is 4.98 Å². The molecule has 12 aromatic rings. The van der Waals surface area contributed by atoms with Crippen molar-refractivity contribution in [1.29, 1.82) is 0 Å². The molecule has 0 bridgehead atoms. The second kappa shape index (κ2) is 17.1. The van der Waals surface area contributed by atoms with Gasteiger partial charge < -0.3 is 0 Å². The summed E-state index contributed by atoms with van der Waals surface area (Å²) in [5, 5.41) is 10.0. The van der Waals surface area contributed by atoms with E-state index in [2.05, 4.69) is 281 Å². The SMILES string of the molecule is CC(C)(C)c1cc(C(C)(C)C)c2c(c1)c1ccccc1n2-c1nc(-c2cccc([Si](c3ccccc3)(c3ccccc3)c3cccc(-c4ccccc4)c3)c2)cc(-n2c3ccccc3c3ccccc32)n1. The molecule has 71 heavy (non-hydrogen) atoms. The summed E-state index contributed by atoms with van der Waals surface area (Å²) in [5.74, 6) is 1.45. The summed E-state index contributed by atoms with van der Waals surface area (Å²) in [4.78, 5) is 11.5. The molecule has 344 valence electrons. The normalized spacial score (nSPS) is 12.4. The van der Waals surface area contributed by atoms with Gasteiger partial charge in [0, 0.05) is 33.2 Å². The Labute approximate surface area is 417 Å². The Morgan fingerprint density at radius 2 is 0.803 bits per heavy atom. The van der Waals surface area contributed by atoms with Crippen LogP contribution in [0.25, 0.3) is 77.8 Å². The molecule has 4 nitrogen and oxygen atoms in total. The van der Waals surface area contributed by atoms with Crippen LogP contribution in [-0.4, -0.2) is 27.2 Å². The molecule has 0 spiro atoms. The number of aromatic nitrogens is 4. The van der Waals surface area contributed by atoms with Crippen molar-refractivity contribution >= 4 is 72.4 Å². The lowest BCUT2D eigenvalue weighted by molar-refractivity contribution is 0.572. The smallest absolute Gasteiger partial charge is 0.237 e. The highest BCUT2D eigenvalue weighted by Gasteiger charge is 2.42. The highest BCUT2D eigenvalue weighted by molar-refractivity contribution is 7.20. The molecule has 0 unspecified atom stereocenters. The number of hydrogen-bond donors (Lipinski definition) is 0. The third-order valence-corrected chi connectivity index (χ3v) is 19.3. The van der Waals surface area contributed by atoms with E-state index in [1.54, 1.807) is 0 Å². The molecule has 0 aliphatic heterocycles. The van der Waals surface area contributed by atoms with Crippen molar-refractivity contribution in [1.82, 2.24) is 19.1 Å². The number of fused-ring (bicyclic) bond motifs is 6. The first-order chi connectivity index (χ1) is 34.5. The topological polar surface area (TPSA) is 35.6 Å². The number of rotatable bonds is 8. The zero-order chi connectivity index (χ0) is 48.5. The van der Waals surface area contributed by atoms with Crippen molar-refractivity contribution in [3.05, 3.63) is 242 Å². The van der Waals surface area contributed by atoms with E-state index in [1.807, 2.05) is 0 Å². The van der Waals surface area contributed by atoms with Crippen molar-refractivity contribution in [3.63, 3.8) is 0 Å². The van der Waals surface area contributed by atoms with Crippen LogP contribution < -0.4 is 20.7 Å². The van der Waals surface area contributed by atoms with Crippen LogP contribution in [0.4, 0.5) is 0 Å². The van der Waals surface area contributed by atoms with Gasteiger partial charge in [-0.3, -0.25) is 9.13 Å². The maximum atomic E-state index is 5.76. The summed E-state index contributed by atoms with van der Waals surface area (Å²) in [6.07, 6.45) is 0. The maximum absolute atomic E-state index is 5.76. The standard InChI is InChI=1S/C66H56N4Si/c1-65(2,3)48-42-56-55-36-18-21-39-61(55)70(63(56)57(43-48)66(4,5)6)64-67-58(44-62(68-64)69-59-37-19-16-34-53(59)54-35-17-20-38-60(54)69)47-27-23-33-52(41-47)71(49-28-12-8-13-29-49,50-30-14-9-15-31-50)51-32-22-26-46(40-51)45-24-10-7-11-25-45/h7-44H,1-6H3. The van der Waals surface area contributed by atoms with Crippen molar-refractivity contribution in [2.75, 3.05) is 0 Å². The quantitative estimate of drug-likeness (QED) is 0.112. The summed E-state index contributed by atoms with van der Waals surface area (Å²) in [6.45, 7) is 13.9. The van der Waals surface area contributed by atoms with E-state index in [-0.39, 0.29) is 10.8 Å². The van der Waals surface area contributed by atoms with Crippen molar-refractivity contribution < 1.29 is 0 Å². The van der Waals surface area contributed by atoms with E-state index in [0.717, 1.165) is 39.1 Å². The molecule has 0 amide bonds. The Morgan fingerprint density at radius 3 is 1.35 bits per heavy atom. The monoisotopic (exact) mass is 932 g/mol. The Balaban J connectivity index is 1.18. The number of benzene rings is 9. The average molecular weight is 933 g/mol. The fourth-order valence-corrected chi connectivity index (χ4v) is 15.9. The molecular formula is C66H56N4Si. The lowest BCUT2D eigenvalue weighted by Gasteiger charge is -2.35. The summed E-state index contributed by atoms with van der Waals surface area (Å²) < 4.78 is 4.69. The summed E-state index contributed by atoms with van der Waals surface area (Å²) >= 11 is 0. The van der Waals surface area contributed by atoms with Crippen LogP contribution >= 0.6 is 0 Å². The van der Waals surface area contributed by atoms with Gasteiger partial charge in [-0.25, -0.2) is 4.98 Å². The first-order valence-corrected chi connectivity index (χ1v) is 26.8. The Kier molecular flexibility index (Phi) is 10.6. The molecular weight excluding hydrogens is 877 g/mol. The van der Waals surface area contributed by atoms with Gasteiger partial charge in [0.2, 0.25) is 5.95 Å². The predicted octanol–water partition coefficient (Wildman–Crippen LogP) is 14.0.